The van der Waals surface area contributed by atoms with E-state index >= 15 is 0 Å². The molecule has 0 amide bonds. The van der Waals surface area contributed by atoms with E-state index in [0.29, 0.717) is 13.1 Å². The molecular weight excluding hydrogens is 294 g/mol. The lowest BCUT2D eigenvalue weighted by molar-refractivity contribution is 0.174. The second kappa shape index (κ2) is 5.48. The van der Waals surface area contributed by atoms with Crippen molar-refractivity contribution >= 4 is 11.0 Å². The van der Waals surface area contributed by atoms with Crippen molar-refractivity contribution in [3.05, 3.63) is 36.4 Å². The van der Waals surface area contributed by atoms with Gasteiger partial charge in [0.25, 0.3) is 0 Å². The van der Waals surface area contributed by atoms with Crippen LogP contribution in [0.1, 0.15) is 0 Å². The monoisotopic (exact) mass is 311 g/mol. The maximum absolute atomic E-state index is 5.80. The van der Waals surface area contributed by atoms with Crippen molar-refractivity contribution in [1.29, 1.82) is 0 Å². The lowest BCUT2D eigenvalue weighted by atomic mass is 10.2. The van der Waals surface area contributed by atoms with Crippen molar-refractivity contribution in [2.75, 3.05) is 20.4 Å². The average molecular weight is 311 g/mol. The Bertz CT molecular complexity index is 873. The minimum Gasteiger partial charge on any atom is -0.497 e. The number of nitrogens with zero attached hydrogens (tertiary/aromatic N) is 2. The summed E-state index contributed by atoms with van der Waals surface area (Å²) in [7, 11) is 1.65. The molecule has 6 heteroatoms. The molecule has 3 aromatic rings. The van der Waals surface area contributed by atoms with E-state index in [-0.39, 0.29) is 6.79 Å². The third kappa shape index (κ3) is 2.27. The van der Waals surface area contributed by atoms with Gasteiger partial charge in [0.15, 0.2) is 11.5 Å². The molecule has 0 atom stereocenters. The van der Waals surface area contributed by atoms with Gasteiger partial charge in [-0.15, -0.1) is 0 Å². The summed E-state index contributed by atoms with van der Waals surface area (Å²) in [6.45, 7) is 1.45. The summed E-state index contributed by atoms with van der Waals surface area (Å²) in [6.07, 6.45) is 0. The topological polar surface area (TPSA) is 71.5 Å². The number of imidazole rings is 1. The molecule has 0 radical (unpaired) electrons. The van der Waals surface area contributed by atoms with Crippen LogP contribution in [-0.2, 0) is 6.54 Å². The van der Waals surface area contributed by atoms with Gasteiger partial charge in [0.05, 0.1) is 18.1 Å². The first kappa shape index (κ1) is 13.9. The van der Waals surface area contributed by atoms with Crippen LogP contribution in [0.25, 0.3) is 22.4 Å². The van der Waals surface area contributed by atoms with E-state index in [0.717, 1.165) is 39.7 Å². The molecule has 0 saturated heterocycles. The molecule has 118 valence electrons. The van der Waals surface area contributed by atoms with Crippen LogP contribution in [0.2, 0.25) is 0 Å². The van der Waals surface area contributed by atoms with Gasteiger partial charge in [-0.05, 0) is 12.1 Å². The van der Waals surface area contributed by atoms with Crippen LogP contribution in [0.5, 0.6) is 17.2 Å². The summed E-state index contributed by atoms with van der Waals surface area (Å²) < 4.78 is 18.3. The van der Waals surface area contributed by atoms with E-state index in [1.165, 1.54) is 0 Å². The number of aromatic nitrogens is 2. The van der Waals surface area contributed by atoms with Gasteiger partial charge < -0.3 is 24.5 Å². The van der Waals surface area contributed by atoms with E-state index in [4.69, 9.17) is 24.9 Å². The van der Waals surface area contributed by atoms with Crippen LogP contribution in [0.15, 0.2) is 36.4 Å². The third-order valence-corrected chi connectivity index (χ3v) is 3.92. The molecule has 1 aliphatic heterocycles. The van der Waals surface area contributed by atoms with E-state index in [1.54, 1.807) is 7.11 Å². The molecule has 2 N–H and O–H groups in total. The Hall–Kier alpha value is -2.73. The van der Waals surface area contributed by atoms with Crippen molar-refractivity contribution in [3.63, 3.8) is 0 Å². The highest BCUT2D eigenvalue weighted by atomic mass is 16.7. The fourth-order valence-corrected chi connectivity index (χ4v) is 2.85. The highest BCUT2D eigenvalue weighted by molar-refractivity contribution is 5.84. The molecule has 6 nitrogen and oxygen atoms in total. The van der Waals surface area contributed by atoms with E-state index < -0.39 is 0 Å². The fourth-order valence-electron chi connectivity index (χ4n) is 2.85. The van der Waals surface area contributed by atoms with Crippen LogP contribution in [-0.4, -0.2) is 30.0 Å². The van der Waals surface area contributed by atoms with Crippen LogP contribution < -0.4 is 19.9 Å². The number of hydrogen-bond acceptors (Lipinski definition) is 5. The fraction of sp³-hybridized carbons (Fsp3) is 0.235. The first-order valence-corrected chi connectivity index (χ1v) is 7.44. The molecule has 1 aliphatic rings. The van der Waals surface area contributed by atoms with Gasteiger partial charge in [0.1, 0.15) is 11.6 Å². The summed E-state index contributed by atoms with van der Waals surface area (Å²) in [5.74, 6) is 3.12. The Morgan fingerprint density at radius 2 is 2.04 bits per heavy atom. The van der Waals surface area contributed by atoms with Crippen LogP contribution in [0, 0.1) is 0 Å². The molecule has 0 aliphatic carbocycles. The standard InChI is InChI=1S/C17H17N3O3/c1-21-12-4-2-3-11(7-12)17-19-13-8-15-16(23-10-22-15)9-14(13)20(17)6-5-18/h2-4,7-9H,5-6,10,18H2,1H3. The molecule has 0 unspecified atom stereocenters. The highest BCUT2D eigenvalue weighted by Gasteiger charge is 2.19. The van der Waals surface area contributed by atoms with Gasteiger partial charge in [0, 0.05) is 30.8 Å². The number of methoxy groups -OCH3 is 1. The van der Waals surface area contributed by atoms with E-state index in [2.05, 4.69) is 4.57 Å². The molecule has 23 heavy (non-hydrogen) atoms. The summed E-state index contributed by atoms with van der Waals surface area (Å²) in [5, 5.41) is 0. The second-order valence-corrected chi connectivity index (χ2v) is 5.30. The largest absolute Gasteiger partial charge is 0.497 e. The molecule has 1 aromatic heterocycles. The van der Waals surface area contributed by atoms with Crippen LogP contribution in [0.3, 0.4) is 0 Å². The van der Waals surface area contributed by atoms with Crippen molar-refractivity contribution < 1.29 is 14.2 Å². The van der Waals surface area contributed by atoms with Gasteiger partial charge in [-0.3, -0.25) is 0 Å². The lowest BCUT2D eigenvalue weighted by Crippen LogP contribution is -2.11. The Morgan fingerprint density at radius 3 is 2.83 bits per heavy atom. The summed E-state index contributed by atoms with van der Waals surface area (Å²) >= 11 is 0. The zero-order chi connectivity index (χ0) is 15.8. The summed E-state index contributed by atoms with van der Waals surface area (Å²) in [4.78, 5) is 4.77. The number of hydrogen-bond donors (Lipinski definition) is 1. The van der Waals surface area contributed by atoms with Gasteiger partial charge in [-0.1, -0.05) is 12.1 Å². The molecule has 0 fully saturated rings. The quantitative estimate of drug-likeness (QED) is 0.801. The van der Waals surface area contributed by atoms with Crippen molar-refractivity contribution in [2.24, 2.45) is 5.73 Å². The first-order chi connectivity index (χ1) is 11.3. The van der Waals surface area contributed by atoms with Gasteiger partial charge in [0.2, 0.25) is 6.79 Å². The van der Waals surface area contributed by atoms with Gasteiger partial charge >= 0.3 is 0 Å². The SMILES string of the molecule is COc1cccc(-c2nc3cc4c(cc3n2CCN)OCO4)c1. The molecule has 0 saturated carbocycles. The Labute approximate surface area is 133 Å². The second-order valence-electron chi connectivity index (χ2n) is 5.30. The molecular formula is C17H17N3O3. The number of ether oxygens (including phenoxy) is 3. The smallest absolute Gasteiger partial charge is 0.231 e. The van der Waals surface area contributed by atoms with Crippen molar-refractivity contribution in [3.8, 4) is 28.6 Å². The highest BCUT2D eigenvalue weighted by Crippen LogP contribution is 2.37. The molecule has 4 rings (SSSR count). The maximum Gasteiger partial charge on any atom is 0.231 e. The minimum atomic E-state index is 0.252. The number of fused-ring (bicyclic) bond motifs is 2. The zero-order valence-electron chi connectivity index (χ0n) is 12.8. The van der Waals surface area contributed by atoms with Gasteiger partial charge in [-0.2, -0.15) is 0 Å². The number of rotatable bonds is 4. The molecule has 0 bridgehead atoms. The van der Waals surface area contributed by atoms with Crippen LogP contribution >= 0.6 is 0 Å². The minimum absolute atomic E-state index is 0.252. The van der Waals surface area contributed by atoms with Crippen molar-refractivity contribution in [2.45, 2.75) is 6.54 Å². The number of nitrogens with two attached hydrogens (primary N) is 1. The first-order valence-electron chi connectivity index (χ1n) is 7.44. The maximum atomic E-state index is 5.80. The van der Waals surface area contributed by atoms with E-state index in [9.17, 15) is 0 Å². The predicted octanol–water partition coefficient (Wildman–Crippen LogP) is 2.40. The molecule has 2 heterocycles. The summed E-state index contributed by atoms with van der Waals surface area (Å²) in [6, 6.07) is 11.7. The van der Waals surface area contributed by atoms with Crippen molar-refractivity contribution in [1.82, 2.24) is 9.55 Å². The normalized spacial score (nSPS) is 12.8. The molecule has 2 aromatic carbocycles. The lowest BCUT2D eigenvalue weighted by Gasteiger charge is -2.09. The summed E-state index contributed by atoms with van der Waals surface area (Å²) in [5.41, 5.74) is 8.63. The average Bonchev–Trinajstić information content (AvgIpc) is 3.17. The Morgan fingerprint density at radius 1 is 1.22 bits per heavy atom. The number of benzene rings is 2. The molecule has 0 spiro atoms. The third-order valence-electron chi connectivity index (χ3n) is 3.92. The Kier molecular flexibility index (Phi) is 3.31. The zero-order valence-corrected chi connectivity index (χ0v) is 12.8. The Balaban J connectivity index is 1.93. The van der Waals surface area contributed by atoms with E-state index in [1.807, 2.05) is 36.4 Å². The van der Waals surface area contributed by atoms with Gasteiger partial charge in [-0.25, -0.2) is 4.98 Å². The van der Waals surface area contributed by atoms with Crippen LogP contribution in [0.4, 0.5) is 0 Å². The predicted molar refractivity (Wildman–Crippen MR) is 86.9 cm³/mol.